The Kier molecular flexibility index (Phi) is 5.18. The molecule has 0 spiro atoms. The van der Waals surface area contributed by atoms with Crippen LogP contribution in [-0.2, 0) is 0 Å². The van der Waals surface area contributed by atoms with Crippen molar-refractivity contribution in [2.24, 2.45) is 0 Å². The van der Waals surface area contributed by atoms with Crippen LogP contribution in [0.25, 0.3) is 0 Å². The molecule has 0 aromatic rings. The van der Waals surface area contributed by atoms with E-state index in [1.807, 2.05) is 31.2 Å². The monoisotopic (exact) mass is 148 g/mol. The summed E-state index contributed by atoms with van der Waals surface area (Å²) in [4.78, 5) is 0. The molecule has 0 bridgehead atoms. The molecule has 0 aliphatic heterocycles. The van der Waals surface area contributed by atoms with Crippen molar-refractivity contribution in [1.29, 1.82) is 0 Å². The number of hydrogen-bond donors (Lipinski definition) is 0. The Hall–Kier alpha value is -1.04. The SMILES string of the molecule is C=CC(/C=C\C)=C(/C=C)CC. The first-order valence-electron chi connectivity index (χ1n) is 3.90. The first-order chi connectivity index (χ1) is 5.29. The van der Waals surface area contributed by atoms with Crippen molar-refractivity contribution in [3.8, 4) is 0 Å². The maximum Gasteiger partial charge on any atom is -0.0234 e. The second-order valence-corrected chi connectivity index (χ2v) is 2.24. The molecule has 0 heterocycles. The highest BCUT2D eigenvalue weighted by molar-refractivity contribution is 5.38. The summed E-state index contributed by atoms with van der Waals surface area (Å²) in [5, 5.41) is 0. The van der Waals surface area contributed by atoms with Crippen LogP contribution >= 0.6 is 0 Å². The fourth-order valence-corrected chi connectivity index (χ4v) is 0.952. The molecule has 0 saturated heterocycles. The van der Waals surface area contributed by atoms with Crippen LogP contribution in [0.2, 0.25) is 0 Å². The van der Waals surface area contributed by atoms with Crippen LogP contribution < -0.4 is 0 Å². The zero-order chi connectivity index (χ0) is 8.69. The van der Waals surface area contributed by atoms with E-state index in [-0.39, 0.29) is 0 Å². The molecule has 0 aliphatic rings. The topological polar surface area (TPSA) is 0 Å². The fraction of sp³-hybridized carbons (Fsp3) is 0.273. The summed E-state index contributed by atoms with van der Waals surface area (Å²) in [5.41, 5.74) is 2.42. The van der Waals surface area contributed by atoms with Gasteiger partial charge in [-0.25, -0.2) is 0 Å². The van der Waals surface area contributed by atoms with E-state index in [0.29, 0.717) is 0 Å². The minimum atomic E-state index is 1.01. The second-order valence-electron chi connectivity index (χ2n) is 2.24. The molecule has 0 N–H and O–H groups in total. The molecule has 0 fully saturated rings. The lowest BCUT2D eigenvalue weighted by molar-refractivity contribution is 1.14. The zero-order valence-electron chi connectivity index (χ0n) is 7.43. The first kappa shape index (κ1) is 9.96. The van der Waals surface area contributed by atoms with Crippen LogP contribution in [0.15, 0.2) is 48.6 Å². The van der Waals surface area contributed by atoms with Gasteiger partial charge in [0.05, 0.1) is 0 Å². The van der Waals surface area contributed by atoms with Crippen LogP contribution in [-0.4, -0.2) is 0 Å². The summed E-state index contributed by atoms with van der Waals surface area (Å²) < 4.78 is 0. The lowest BCUT2D eigenvalue weighted by atomic mass is 10.1. The van der Waals surface area contributed by atoms with Gasteiger partial charge in [-0.1, -0.05) is 44.4 Å². The van der Waals surface area contributed by atoms with Gasteiger partial charge < -0.3 is 0 Å². The molecule has 0 saturated carbocycles. The van der Waals surface area contributed by atoms with Crippen molar-refractivity contribution in [1.82, 2.24) is 0 Å². The minimum Gasteiger partial charge on any atom is -0.0988 e. The highest BCUT2D eigenvalue weighted by Gasteiger charge is 1.92. The first-order valence-corrected chi connectivity index (χ1v) is 3.90. The van der Waals surface area contributed by atoms with Gasteiger partial charge in [-0.15, -0.1) is 0 Å². The molecule has 0 heteroatoms. The van der Waals surface area contributed by atoms with Crippen LogP contribution in [0.4, 0.5) is 0 Å². The summed E-state index contributed by atoms with van der Waals surface area (Å²) in [6.07, 6.45) is 8.82. The molecule has 0 aromatic heterocycles. The van der Waals surface area contributed by atoms with E-state index in [2.05, 4.69) is 20.1 Å². The molecular formula is C11H16. The Labute approximate surface area is 69.6 Å². The van der Waals surface area contributed by atoms with Crippen LogP contribution in [0.3, 0.4) is 0 Å². The van der Waals surface area contributed by atoms with Gasteiger partial charge in [0.1, 0.15) is 0 Å². The lowest BCUT2D eigenvalue weighted by Crippen LogP contribution is -1.80. The van der Waals surface area contributed by atoms with Gasteiger partial charge in [0.2, 0.25) is 0 Å². The van der Waals surface area contributed by atoms with E-state index in [4.69, 9.17) is 0 Å². The van der Waals surface area contributed by atoms with Gasteiger partial charge in [-0.3, -0.25) is 0 Å². The molecule has 0 aromatic carbocycles. The summed E-state index contributed by atoms with van der Waals surface area (Å²) in [5.74, 6) is 0. The normalized spacial score (nSPS) is 12.9. The third kappa shape index (κ3) is 3.03. The van der Waals surface area contributed by atoms with Crippen molar-refractivity contribution in [3.05, 3.63) is 48.6 Å². The van der Waals surface area contributed by atoms with E-state index in [1.165, 1.54) is 11.1 Å². The summed E-state index contributed by atoms with van der Waals surface area (Å²) in [6, 6.07) is 0. The molecule has 11 heavy (non-hydrogen) atoms. The largest absolute Gasteiger partial charge is 0.0988 e. The maximum absolute atomic E-state index is 3.74. The lowest BCUT2D eigenvalue weighted by Gasteiger charge is -2.00. The zero-order valence-corrected chi connectivity index (χ0v) is 7.43. The van der Waals surface area contributed by atoms with Crippen molar-refractivity contribution in [3.63, 3.8) is 0 Å². The molecule has 0 aliphatic carbocycles. The third-order valence-corrected chi connectivity index (χ3v) is 1.56. The Balaban J connectivity index is 4.75. The van der Waals surface area contributed by atoms with Gasteiger partial charge in [0.25, 0.3) is 0 Å². The smallest absolute Gasteiger partial charge is 0.0234 e. The van der Waals surface area contributed by atoms with E-state index in [0.717, 1.165) is 6.42 Å². The molecule has 0 amide bonds. The standard InChI is InChI=1S/C11H16/c1-5-9-11(8-4)10(6-2)7-3/h5-6,8-9H,2,4,7H2,1,3H3/b9-5-,11-10+. The van der Waals surface area contributed by atoms with Crippen LogP contribution in [0, 0.1) is 0 Å². The van der Waals surface area contributed by atoms with E-state index in [9.17, 15) is 0 Å². The highest BCUT2D eigenvalue weighted by Crippen LogP contribution is 2.11. The molecule has 0 radical (unpaired) electrons. The Morgan fingerprint density at radius 3 is 2.18 bits per heavy atom. The number of allylic oxidation sites excluding steroid dienone is 6. The van der Waals surface area contributed by atoms with Gasteiger partial charge >= 0.3 is 0 Å². The predicted molar refractivity (Wildman–Crippen MR) is 52.5 cm³/mol. The van der Waals surface area contributed by atoms with Crippen LogP contribution in [0.1, 0.15) is 20.3 Å². The predicted octanol–water partition coefficient (Wildman–Crippen LogP) is 3.64. The Morgan fingerprint density at radius 2 is 1.91 bits per heavy atom. The van der Waals surface area contributed by atoms with Crippen molar-refractivity contribution < 1.29 is 0 Å². The molecule has 0 nitrogen and oxygen atoms in total. The van der Waals surface area contributed by atoms with E-state index in [1.54, 1.807) is 0 Å². The van der Waals surface area contributed by atoms with Gasteiger partial charge in [0.15, 0.2) is 0 Å². The Bertz CT molecular complexity index is 192. The van der Waals surface area contributed by atoms with Crippen molar-refractivity contribution in [2.45, 2.75) is 20.3 Å². The maximum atomic E-state index is 3.74. The van der Waals surface area contributed by atoms with E-state index >= 15 is 0 Å². The Morgan fingerprint density at radius 1 is 1.27 bits per heavy atom. The fourth-order valence-electron chi connectivity index (χ4n) is 0.952. The van der Waals surface area contributed by atoms with Crippen molar-refractivity contribution >= 4 is 0 Å². The van der Waals surface area contributed by atoms with Crippen molar-refractivity contribution in [2.75, 3.05) is 0 Å². The second kappa shape index (κ2) is 5.72. The molecule has 0 rings (SSSR count). The van der Waals surface area contributed by atoms with Crippen LogP contribution in [0.5, 0.6) is 0 Å². The molecule has 0 atom stereocenters. The minimum absolute atomic E-state index is 1.01. The van der Waals surface area contributed by atoms with Gasteiger partial charge in [-0.05, 0) is 24.5 Å². The molecular weight excluding hydrogens is 132 g/mol. The quantitative estimate of drug-likeness (QED) is 0.534. The van der Waals surface area contributed by atoms with Gasteiger partial charge in [-0.2, -0.15) is 0 Å². The van der Waals surface area contributed by atoms with Gasteiger partial charge in [0, 0.05) is 0 Å². The number of rotatable bonds is 4. The highest BCUT2D eigenvalue weighted by atomic mass is 14.0. The van der Waals surface area contributed by atoms with E-state index < -0.39 is 0 Å². The summed E-state index contributed by atoms with van der Waals surface area (Å²) in [6.45, 7) is 11.6. The average Bonchev–Trinajstić information content (AvgIpc) is 2.05. The molecule has 60 valence electrons. The number of hydrogen-bond acceptors (Lipinski definition) is 0. The molecule has 0 unspecified atom stereocenters. The summed E-state index contributed by atoms with van der Waals surface area (Å²) >= 11 is 0. The third-order valence-electron chi connectivity index (χ3n) is 1.56. The summed E-state index contributed by atoms with van der Waals surface area (Å²) in [7, 11) is 0. The average molecular weight is 148 g/mol.